The lowest BCUT2D eigenvalue weighted by molar-refractivity contribution is -0.130. The fraction of sp³-hybridized carbons (Fsp3) is 0.875. The molecule has 0 radical (unpaired) electrons. The molecule has 0 aliphatic rings. The molecule has 0 aromatic rings. The SMILES string of the molecule is CCNC(=NCCN(C)C(C)C)NCCC(=O)N(CC)CC.I. The molecule has 0 spiro atoms. The van der Waals surface area contributed by atoms with E-state index in [1.54, 1.807) is 0 Å². The molecule has 0 atom stereocenters. The van der Waals surface area contributed by atoms with Crippen LogP contribution in [-0.4, -0.2) is 74.0 Å². The molecule has 23 heavy (non-hydrogen) atoms. The predicted molar refractivity (Wildman–Crippen MR) is 110 cm³/mol. The van der Waals surface area contributed by atoms with Crippen LogP contribution in [0.3, 0.4) is 0 Å². The Labute approximate surface area is 159 Å². The molecule has 1 amide bonds. The van der Waals surface area contributed by atoms with Crippen molar-refractivity contribution in [2.24, 2.45) is 4.99 Å². The van der Waals surface area contributed by atoms with Crippen molar-refractivity contribution in [2.45, 2.75) is 47.1 Å². The molecule has 138 valence electrons. The van der Waals surface area contributed by atoms with Crippen molar-refractivity contribution in [3.8, 4) is 0 Å². The molecule has 0 unspecified atom stereocenters. The maximum atomic E-state index is 11.9. The molecule has 6 nitrogen and oxygen atoms in total. The smallest absolute Gasteiger partial charge is 0.224 e. The molecule has 2 N–H and O–H groups in total. The van der Waals surface area contributed by atoms with Crippen molar-refractivity contribution in [3.63, 3.8) is 0 Å². The Bertz CT molecular complexity index is 332. The highest BCUT2D eigenvalue weighted by molar-refractivity contribution is 14.0. The van der Waals surface area contributed by atoms with Gasteiger partial charge < -0.3 is 20.4 Å². The molecule has 0 aromatic heterocycles. The summed E-state index contributed by atoms with van der Waals surface area (Å²) in [5.41, 5.74) is 0. The van der Waals surface area contributed by atoms with Gasteiger partial charge in [-0.05, 0) is 41.7 Å². The van der Waals surface area contributed by atoms with Crippen LogP contribution in [0.15, 0.2) is 4.99 Å². The van der Waals surface area contributed by atoms with Crippen LogP contribution in [0.5, 0.6) is 0 Å². The standard InChI is InChI=1S/C16H35N5O.HI/c1-7-17-16(19-12-13-20(6)14(4)5)18-11-10-15(22)21(8-2)9-3;/h14H,7-13H2,1-6H3,(H2,17,18,19);1H. The molecule has 0 aromatic carbocycles. The fourth-order valence-electron chi connectivity index (χ4n) is 1.94. The van der Waals surface area contributed by atoms with Crippen LogP contribution >= 0.6 is 24.0 Å². The summed E-state index contributed by atoms with van der Waals surface area (Å²) in [4.78, 5) is 20.6. The average molecular weight is 441 g/mol. The lowest BCUT2D eigenvalue weighted by atomic mass is 10.3. The minimum absolute atomic E-state index is 0. The normalized spacial score (nSPS) is 11.4. The van der Waals surface area contributed by atoms with Crippen LogP contribution in [0.1, 0.15) is 41.0 Å². The average Bonchev–Trinajstić information content (AvgIpc) is 2.48. The zero-order chi connectivity index (χ0) is 17.0. The highest BCUT2D eigenvalue weighted by Crippen LogP contribution is 1.94. The minimum atomic E-state index is 0. The molecule has 0 saturated carbocycles. The van der Waals surface area contributed by atoms with Crippen molar-refractivity contribution in [1.29, 1.82) is 0 Å². The van der Waals surface area contributed by atoms with Gasteiger partial charge in [-0.25, -0.2) is 0 Å². The summed E-state index contributed by atoms with van der Waals surface area (Å²) in [5.74, 6) is 0.972. The zero-order valence-corrected chi connectivity index (χ0v) is 18.0. The number of aliphatic imine (C=N–C) groups is 1. The maximum absolute atomic E-state index is 11.9. The number of likely N-dealkylation sites (N-methyl/N-ethyl adjacent to an activating group) is 1. The second-order valence-corrected chi connectivity index (χ2v) is 5.58. The number of amides is 1. The van der Waals surface area contributed by atoms with Gasteiger partial charge in [0.2, 0.25) is 5.91 Å². The molecule has 7 heteroatoms. The molecule has 0 aliphatic carbocycles. The van der Waals surface area contributed by atoms with E-state index in [9.17, 15) is 4.79 Å². The van der Waals surface area contributed by atoms with E-state index in [0.717, 1.165) is 38.7 Å². The van der Waals surface area contributed by atoms with Gasteiger partial charge in [-0.1, -0.05) is 0 Å². The Morgan fingerprint density at radius 1 is 1.13 bits per heavy atom. The van der Waals surface area contributed by atoms with Gasteiger partial charge in [0.15, 0.2) is 5.96 Å². The lowest BCUT2D eigenvalue weighted by Gasteiger charge is -2.20. The first-order valence-electron chi connectivity index (χ1n) is 8.46. The van der Waals surface area contributed by atoms with E-state index in [1.165, 1.54) is 0 Å². The van der Waals surface area contributed by atoms with Crippen LogP contribution in [0.2, 0.25) is 0 Å². The van der Waals surface area contributed by atoms with E-state index in [-0.39, 0.29) is 29.9 Å². The van der Waals surface area contributed by atoms with Gasteiger partial charge in [0.1, 0.15) is 0 Å². The number of carbonyl (C=O) groups is 1. The second kappa shape index (κ2) is 15.0. The van der Waals surface area contributed by atoms with Crippen LogP contribution < -0.4 is 10.6 Å². The van der Waals surface area contributed by atoms with Gasteiger partial charge in [-0.2, -0.15) is 0 Å². The summed E-state index contributed by atoms with van der Waals surface area (Å²) in [7, 11) is 2.10. The number of carbonyl (C=O) groups excluding carboxylic acids is 1. The van der Waals surface area contributed by atoms with Gasteiger partial charge in [0, 0.05) is 45.2 Å². The van der Waals surface area contributed by atoms with Crippen molar-refractivity contribution in [2.75, 3.05) is 46.3 Å². The van der Waals surface area contributed by atoms with Crippen molar-refractivity contribution in [1.82, 2.24) is 20.4 Å². The number of guanidine groups is 1. The van der Waals surface area contributed by atoms with Crippen LogP contribution in [0, 0.1) is 0 Å². The first-order chi connectivity index (χ1) is 10.5. The quantitative estimate of drug-likeness (QED) is 0.308. The monoisotopic (exact) mass is 441 g/mol. The number of halogens is 1. The maximum Gasteiger partial charge on any atom is 0.224 e. The van der Waals surface area contributed by atoms with Gasteiger partial charge >= 0.3 is 0 Å². The van der Waals surface area contributed by atoms with E-state index in [4.69, 9.17) is 0 Å². The van der Waals surface area contributed by atoms with E-state index in [2.05, 4.69) is 41.4 Å². The molecular weight excluding hydrogens is 405 g/mol. The van der Waals surface area contributed by atoms with Crippen LogP contribution in [0.25, 0.3) is 0 Å². The number of rotatable bonds is 10. The summed E-state index contributed by atoms with van der Waals surface area (Å²) in [5, 5.41) is 6.44. The predicted octanol–water partition coefficient (Wildman–Crippen LogP) is 1.76. The van der Waals surface area contributed by atoms with Crippen molar-refractivity contribution in [3.05, 3.63) is 0 Å². The molecule has 0 saturated heterocycles. The number of nitrogens with zero attached hydrogens (tertiary/aromatic N) is 3. The van der Waals surface area contributed by atoms with Crippen LogP contribution in [-0.2, 0) is 4.79 Å². The summed E-state index contributed by atoms with van der Waals surface area (Å²) in [6.07, 6.45) is 0.498. The van der Waals surface area contributed by atoms with Crippen LogP contribution in [0.4, 0.5) is 0 Å². The highest BCUT2D eigenvalue weighted by atomic mass is 127. The third-order valence-corrected chi connectivity index (χ3v) is 3.70. The number of hydrogen-bond donors (Lipinski definition) is 2. The fourth-order valence-corrected chi connectivity index (χ4v) is 1.94. The Balaban J connectivity index is 0. The third kappa shape index (κ3) is 11.6. The van der Waals surface area contributed by atoms with E-state index in [0.29, 0.717) is 19.0 Å². The molecule has 0 bridgehead atoms. The summed E-state index contributed by atoms with van der Waals surface area (Å²) >= 11 is 0. The van der Waals surface area contributed by atoms with Crippen molar-refractivity contribution >= 4 is 35.8 Å². The molecular formula is C16H36IN5O. The number of nitrogens with one attached hydrogen (secondary N) is 2. The van der Waals surface area contributed by atoms with Crippen molar-refractivity contribution < 1.29 is 4.79 Å². The van der Waals surface area contributed by atoms with E-state index in [1.807, 2.05) is 25.7 Å². The minimum Gasteiger partial charge on any atom is -0.357 e. The van der Waals surface area contributed by atoms with Gasteiger partial charge in [-0.3, -0.25) is 9.79 Å². The van der Waals surface area contributed by atoms with Gasteiger partial charge in [-0.15, -0.1) is 24.0 Å². The first-order valence-corrected chi connectivity index (χ1v) is 8.46. The van der Waals surface area contributed by atoms with E-state index < -0.39 is 0 Å². The largest absolute Gasteiger partial charge is 0.357 e. The summed E-state index contributed by atoms with van der Waals surface area (Å²) < 4.78 is 0. The summed E-state index contributed by atoms with van der Waals surface area (Å²) in [6.45, 7) is 15.0. The second-order valence-electron chi connectivity index (χ2n) is 5.58. The Hall–Kier alpha value is -0.570. The van der Waals surface area contributed by atoms with Gasteiger partial charge in [0.05, 0.1) is 6.54 Å². The number of hydrogen-bond acceptors (Lipinski definition) is 3. The highest BCUT2D eigenvalue weighted by Gasteiger charge is 2.09. The topological polar surface area (TPSA) is 60.0 Å². The molecule has 0 fully saturated rings. The first kappa shape index (κ1) is 24.7. The molecule has 0 rings (SSSR count). The molecule has 0 aliphatic heterocycles. The Morgan fingerprint density at radius 2 is 1.74 bits per heavy atom. The Morgan fingerprint density at radius 3 is 2.22 bits per heavy atom. The lowest BCUT2D eigenvalue weighted by Crippen LogP contribution is -2.40. The third-order valence-electron chi connectivity index (χ3n) is 3.70. The zero-order valence-electron chi connectivity index (χ0n) is 15.7. The van der Waals surface area contributed by atoms with Gasteiger partial charge in [0.25, 0.3) is 0 Å². The van der Waals surface area contributed by atoms with E-state index >= 15 is 0 Å². The summed E-state index contributed by atoms with van der Waals surface area (Å²) in [6, 6.07) is 0.525. The molecule has 0 heterocycles. The Kier molecular flexibility index (Phi) is 16.1.